The Morgan fingerprint density at radius 3 is 2.89 bits per heavy atom. The van der Waals surface area contributed by atoms with Crippen LogP contribution in [-0.4, -0.2) is 29.9 Å². The summed E-state index contributed by atoms with van der Waals surface area (Å²) in [5, 5.41) is 0. The van der Waals surface area contributed by atoms with Gasteiger partial charge >= 0.3 is 0 Å². The lowest BCUT2D eigenvalue weighted by atomic mass is 9.77. The first kappa shape index (κ1) is 12.5. The second-order valence-corrected chi connectivity index (χ2v) is 6.06. The third kappa shape index (κ3) is 2.44. The summed E-state index contributed by atoms with van der Waals surface area (Å²) in [4.78, 5) is 2.65. The molecule has 1 saturated heterocycles. The minimum atomic E-state index is 0.613. The fourth-order valence-electron chi connectivity index (χ4n) is 3.46. The van der Waals surface area contributed by atoms with Crippen LogP contribution in [0.25, 0.3) is 0 Å². The lowest BCUT2D eigenvalue weighted by Gasteiger charge is -2.37. The van der Waals surface area contributed by atoms with Gasteiger partial charge in [-0.05, 0) is 36.9 Å². The predicted octanol–water partition coefficient (Wildman–Crippen LogP) is 3.81. The Morgan fingerprint density at radius 2 is 2.06 bits per heavy atom. The zero-order chi connectivity index (χ0) is 12.4. The Labute approximate surface area is 115 Å². The fourth-order valence-corrected chi connectivity index (χ4v) is 3.81. The van der Waals surface area contributed by atoms with Gasteiger partial charge in [-0.3, -0.25) is 4.90 Å². The average Bonchev–Trinajstić information content (AvgIpc) is 2.61. The van der Waals surface area contributed by atoms with Crippen LogP contribution in [0.1, 0.15) is 42.7 Å². The van der Waals surface area contributed by atoms with Crippen LogP contribution < -0.4 is 0 Å². The summed E-state index contributed by atoms with van der Waals surface area (Å²) >= 11 is 6.15. The molecule has 1 nitrogen and oxygen atoms in total. The van der Waals surface area contributed by atoms with Crippen LogP contribution in [0.2, 0.25) is 0 Å². The molecule has 1 aliphatic carbocycles. The summed E-state index contributed by atoms with van der Waals surface area (Å²) in [6.45, 7) is 2.46. The average molecular weight is 264 g/mol. The molecular formula is C16H22ClN. The van der Waals surface area contributed by atoms with Gasteiger partial charge < -0.3 is 0 Å². The monoisotopic (exact) mass is 263 g/mol. The van der Waals surface area contributed by atoms with Gasteiger partial charge in [0.05, 0.1) is 0 Å². The molecule has 98 valence electrons. The molecule has 1 aliphatic heterocycles. The summed E-state index contributed by atoms with van der Waals surface area (Å²) in [5.74, 6) is 1.55. The van der Waals surface area contributed by atoms with Crippen LogP contribution in [0.3, 0.4) is 0 Å². The number of halogens is 1. The van der Waals surface area contributed by atoms with Crippen molar-refractivity contribution in [3.8, 4) is 0 Å². The molecule has 0 bridgehead atoms. The minimum Gasteiger partial charge on any atom is -0.299 e. The van der Waals surface area contributed by atoms with Crippen molar-refractivity contribution in [3.63, 3.8) is 0 Å². The molecule has 1 heterocycles. The Balaban J connectivity index is 1.65. The highest BCUT2D eigenvalue weighted by Gasteiger charge is 2.30. The summed E-state index contributed by atoms with van der Waals surface area (Å²) < 4.78 is 0. The highest BCUT2D eigenvalue weighted by atomic mass is 35.5. The van der Waals surface area contributed by atoms with Crippen LogP contribution in [0.15, 0.2) is 24.3 Å². The van der Waals surface area contributed by atoms with Crippen molar-refractivity contribution < 1.29 is 0 Å². The van der Waals surface area contributed by atoms with E-state index in [-0.39, 0.29) is 0 Å². The molecule has 0 radical (unpaired) electrons. The maximum atomic E-state index is 6.15. The molecule has 2 aliphatic rings. The van der Waals surface area contributed by atoms with Crippen molar-refractivity contribution in [1.29, 1.82) is 0 Å². The van der Waals surface area contributed by atoms with Crippen LogP contribution in [0, 0.1) is 0 Å². The largest absolute Gasteiger partial charge is 0.299 e. The second-order valence-electron chi connectivity index (χ2n) is 5.75. The number of nitrogens with zero attached hydrogens (tertiary/aromatic N) is 1. The topological polar surface area (TPSA) is 3.24 Å². The van der Waals surface area contributed by atoms with E-state index in [1.807, 2.05) is 0 Å². The molecule has 2 heteroatoms. The van der Waals surface area contributed by atoms with E-state index in [4.69, 9.17) is 11.6 Å². The zero-order valence-corrected chi connectivity index (χ0v) is 11.7. The van der Waals surface area contributed by atoms with E-state index >= 15 is 0 Å². The van der Waals surface area contributed by atoms with E-state index in [0.29, 0.717) is 6.04 Å². The molecule has 0 saturated carbocycles. The zero-order valence-electron chi connectivity index (χ0n) is 10.9. The number of benzene rings is 1. The number of hydrogen-bond acceptors (Lipinski definition) is 1. The third-order valence-corrected chi connectivity index (χ3v) is 4.95. The number of hydrogen-bond donors (Lipinski definition) is 0. The molecule has 0 amide bonds. The molecule has 1 aromatic rings. The molecule has 1 fully saturated rings. The van der Waals surface area contributed by atoms with Gasteiger partial charge in [0.2, 0.25) is 0 Å². The van der Waals surface area contributed by atoms with Gasteiger partial charge in [0.15, 0.2) is 0 Å². The lowest BCUT2D eigenvalue weighted by molar-refractivity contribution is 0.196. The molecule has 3 rings (SSSR count). The Bertz CT molecular complexity index is 404. The van der Waals surface area contributed by atoms with E-state index in [1.165, 1.54) is 45.2 Å². The van der Waals surface area contributed by atoms with Gasteiger partial charge in [0.25, 0.3) is 0 Å². The van der Waals surface area contributed by atoms with E-state index in [2.05, 4.69) is 29.2 Å². The third-order valence-electron chi connectivity index (χ3n) is 4.59. The number of alkyl halides is 1. The van der Waals surface area contributed by atoms with Gasteiger partial charge in [0.1, 0.15) is 0 Å². The highest BCUT2D eigenvalue weighted by molar-refractivity contribution is 6.18. The maximum absolute atomic E-state index is 6.15. The molecule has 1 aromatic carbocycles. The van der Waals surface area contributed by atoms with Crippen LogP contribution in [0.4, 0.5) is 0 Å². The SMILES string of the molecule is ClCC1CCCCCN1CC1Cc2ccccc21. The van der Waals surface area contributed by atoms with Gasteiger partial charge in [0, 0.05) is 24.4 Å². The fraction of sp³-hybridized carbons (Fsp3) is 0.625. The maximum Gasteiger partial charge on any atom is 0.0379 e. The van der Waals surface area contributed by atoms with Crippen LogP contribution in [-0.2, 0) is 6.42 Å². The van der Waals surface area contributed by atoms with Crippen molar-refractivity contribution >= 4 is 11.6 Å². The van der Waals surface area contributed by atoms with Gasteiger partial charge in [-0.25, -0.2) is 0 Å². The summed E-state index contributed by atoms with van der Waals surface area (Å²) in [6, 6.07) is 9.52. The molecule has 0 aromatic heterocycles. The number of fused-ring (bicyclic) bond motifs is 1. The molecule has 2 unspecified atom stereocenters. The van der Waals surface area contributed by atoms with Crippen molar-refractivity contribution in [2.45, 2.75) is 44.1 Å². The first-order valence-corrected chi connectivity index (χ1v) is 7.80. The number of likely N-dealkylation sites (tertiary alicyclic amines) is 1. The Morgan fingerprint density at radius 1 is 1.17 bits per heavy atom. The van der Waals surface area contributed by atoms with E-state index in [1.54, 1.807) is 11.1 Å². The highest BCUT2D eigenvalue weighted by Crippen LogP contribution is 2.36. The van der Waals surface area contributed by atoms with Crippen molar-refractivity contribution in [1.82, 2.24) is 4.90 Å². The van der Waals surface area contributed by atoms with Crippen molar-refractivity contribution in [2.24, 2.45) is 0 Å². The van der Waals surface area contributed by atoms with Crippen LogP contribution in [0.5, 0.6) is 0 Å². The van der Waals surface area contributed by atoms with E-state index in [9.17, 15) is 0 Å². The summed E-state index contributed by atoms with van der Waals surface area (Å²) in [5.41, 5.74) is 3.13. The van der Waals surface area contributed by atoms with Crippen LogP contribution >= 0.6 is 11.6 Å². The Kier molecular flexibility index (Phi) is 3.91. The van der Waals surface area contributed by atoms with E-state index in [0.717, 1.165) is 11.8 Å². The molecule has 18 heavy (non-hydrogen) atoms. The van der Waals surface area contributed by atoms with E-state index < -0.39 is 0 Å². The van der Waals surface area contributed by atoms with Gasteiger partial charge in [-0.2, -0.15) is 0 Å². The minimum absolute atomic E-state index is 0.613. The molecular weight excluding hydrogens is 242 g/mol. The molecule has 0 N–H and O–H groups in total. The second kappa shape index (κ2) is 5.63. The standard InChI is InChI=1S/C16H22ClN/c17-11-15-7-2-1-5-9-18(15)12-14-10-13-6-3-4-8-16(13)14/h3-4,6,8,14-15H,1-2,5,7,9-12H2. The first-order chi connectivity index (χ1) is 8.88. The molecule has 2 atom stereocenters. The normalized spacial score (nSPS) is 28.3. The smallest absolute Gasteiger partial charge is 0.0379 e. The Hall–Kier alpha value is -0.530. The predicted molar refractivity (Wildman–Crippen MR) is 77.4 cm³/mol. The van der Waals surface area contributed by atoms with Gasteiger partial charge in [-0.1, -0.05) is 37.1 Å². The summed E-state index contributed by atoms with van der Waals surface area (Å²) in [7, 11) is 0. The lowest BCUT2D eigenvalue weighted by Crippen LogP contribution is -2.41. The quantitative estimate of drug-likeness (QED) is 0.750. The van der Waals surface area contributed by atoms with Crippen molar-refractivity contribution in [2.75, 3.05) is 19.0 Å². The van der Waals surface area contributed by atoms with Crippen molar-refractivity contribution in [3.05, 3.63) is 35.4 Å². The molecule has 0 spiro atoms. The van der Waals surface area contributed by atoms with Gasteiger partial charge in [-0.15, -0.1) is 11.6 Å². The first-order valence-electron chi connectivity index (χ1n) is 7.26. The summed E-state index contributed by atoms with van der Waals surface area (Å²) in [6.07, 6.45) is 6.64. The number of rotatable bonds is 3.